The van der Waals surface area contributed by atoms with Gasteiger partial charge in [-0.1, -0.05) is 6.08 Å². The largest absolute Gasteiger partial charge is 0.278 e. The van der Waals surface area contributed by atoms with E-state index in [9.17, 15) is 9.59 Å². The topological polar surface area (TPSA) is 37.4 Å². The molecule has 0 aromatic rings. The fourth-order valence-corrected chi connectivity index (χ4v) is 2.89. The smallest absolute Gasteiger partial charge is 0.238 e. The third-order valence-corrected chi connectivity index (χ3v) is 3.53. The lowest BCUT2D eigenvalue weighted by Crippen LogP contribution is -2.32. The summed E-state index contributed by atoms with van der Waals surface area (Å²) in [6.45, 7) is 3.90. The van der Waals surface area contributed by atoms with Crippen molar-refractivity contribution in [2.24, 2.45) is 17.8 Å². The molecule has 2 aliphatic carbocycles. The number of nitrogens with zero attached hydrogens (tertiary/aromatic N) is 1. The van der Waals surface area contributed by atoms with Crippen molar-refractivity contribution in [3.05, 3.63) is 30.0 Å². The molecule has 0 spiro atoms. The molecule has 0 aromatic heterocycles. The summed E-state index contributed by atoms with van der Waals surface area (Å²) in [6.07, 6.45) is 4.40. The number of hydrogen-bond acceptors (Lipinski definition) is 2. The molecule has 3 heteroatoms. The van der Waals surface area contributed by atoms with Gasteiger partial charge in [-0.05, 0) is 18.1 Å². The van der Waals surface area contributed by atoms with Crippen molar-refractivity contribution in [2.75, 3.05) is 6.54 Å². The fourth-order valence-electron chi connectivity index (χ4n) is 2.89. The molecule has 1 heterocycles. The van der Waals surface area contributed by atoms with Crippen LogP contribution in [0.1, 0.15) is 6.42 Å². The van der Waals surface area contributed by atoms with Crippen LogP contribution in [0.3, 0.4) is 0 Å². The molecule has 76 valence electrons. The molecule has 15 heavy (non-hydrogen) atoms. The van der Waals surface area contributed by atoms with Crippen LogP contribution < -0.4 is 0 Å². The number of amides is 2. The van der Waals surface area contributed by atoms with Gasteiger partial charge in [-0.2, -0.15) is 0 Å². The van der Waals surface area contributed by atoms with Gasteiger partial charge in [0.05, 0.1) is 11.8 Å². The van der Waals surface area contributed by atoms with Crippen LogP contribution in [0.15, 0.2) is 30.0 Å². The Morgan fingerprint density at radius 2 is 2.33 bits per heavy atom. The average Bonchev–Trinajstić information content (AvgIpc) is 2.87. The molecule has 0 radical (unpaired) electrons. The summed E-state index contributed by atoms with van der Waals surface area (Å²) in [4.78, 5) is 25.3. The van der Waals surface area contributed by atoms with E-state index in [-0.39, 0.29) is 29.6 Å². The van der Waals surface area contributed by atoms with E-state index in [0.717, 1.165) is 12.0 Å². The van der Waals surface area contributed by atoms with Gasteiger partial charge in [-0.25, -0.2) is 0 Å². The van der Waals surface area contributed by atoms with Gasteiger partial charge < -0.3 is 0 Å². The Labute approximate surface area is 87.8 Å². The highest BCUT2D eigenvalue weighted by Gasteiger charge is 2.57. The number of fused-ring (bicyclic) bond motifs is 5. The van der Waals surface area contributed by atoms with Gasteiger partial charge in [0.15, 0.2) is 0 Å². The SMILES string of the molecule is C=CCN1C(=O)C2C3=C=CC(C3)C2C1=O. The van der Waals surface area contributed by atoms with Crippen molar-refractivity contribution < 1.29 is 9.59 Å². The average molecular weight is 201 g/mol. The summed E-state index contributed by atoms with van der Waals surface area (Å²) >= 11 is 0. The predicted octanol–water partition coefficient (Wildman–Crippen LogP) is 0.889. The van der Waals surface area contributed by atoms with Crippen LogP contribution in [-0.2, 0) is 9.59 Å². The quantitative estimate of drug-likeness (QED) is 0.378. The molecule has 3 unspecified atom stereocenters. The van der Waals surface area contributed by atoms with Gasteiger partial charge >= 0.3 is 0 Å². The summed E-state index contributed by atoms with van der Waals surface area (Å²) < 4.78 is 0. The predicted molar refractivity (Wildman–Crippen MR) is 53.6 cm³/mol. The minimum Gasteiger partial charge on any atom is -0.278 e. The minimum atomic E-state index is -0.201. The molecule has 3 nitrogen and oxygen atoms in total. The van der Waals surface area contributed by atoms with Gasteiger partial charge in [-0.15, -0.1) is 12.3 Å². The zero-order chi connectivity index (χ0) is 10.6. The lowest BCUT2D eigenvalue weighted by atomic mass is 9.89. The van der Waals surface area contributed by atoms with Gasteiger partial charge in [0.1, 0.15) is 0 Å². The summed E-state index contributed by atoms with van der Waals surface area (Å²) in [6, 6.07) is 0. The number of carbonyl (C=O) groups is 2. The summed E-state index contributed by atoms with van der Waals surface area (Å²) in [5.74, 6) is -0.192. The zero-order valence-corrected chi connectivity index (χ0v) is 8.27. The maximum absolute atomic E-state index is 12.0. The first-order valence-electron chi connectivity index (χ1n) is 5.15. The third kappa shape index (κ3) is 0.910. The van der Waals surface area contributed by atoms with Crippen molar-refractivity contribution in [1.82, 2.24) is 4.90 Å². The van der Waals surface area contributed by atoms with Crippen LogP contribution in [-0.4, -0.2) is 23.3 Å². The molecule has 3 aliphatic rings. The van der Waals surface area contributed by atoms with E-state index in [1.807, 2.05) is 6.08 Å². The Balaban J connectivity index is 2.00. The molecular formula is C12H11NO2. The number of imide groups is 1. The van der Waals surface area contributed by atoms with Crippen molar-refractivity contribution in [2.45, 2.75) is 6.42 Å². The van der Waals surface area contributed by atoms with Gasteiger partial charge in [0.25, 0.3) is 0 Å². The second-order valence-corrected chi connectivity index (χ2v) is 4.28. The number of carbonyl (C=O) groups excluding carboxylic acids is 2. The standard InChI is InChI=1S/C12H11NO2/c1-2-5-13-11(14)9-7-3-4-8(6-7)10(9)12(13)15/h2-3,7,9-10H,1,5-6H2. The first-order chi connectivity index (χ1) is 7.24. The molecule has 2 amide bonds. The summed E-state index contributed by atoms with van der Waals surface area (Å²) in [5, 5.41) is 0. The molecule has 3 atom stereocenters. The van der Waals surface area contributed by atoms with Crippen LogP contribution in [0.5, 0.6) is 0 Å². The summed E-state index contributed by atoms with van der Waals surface area (Å²) in [7, 11) is 0. The van der Waals surface area contributed by atoms with E-state index >= 15 is 0 Å². The number of hydrogen-bond donors (Lipinski definition) is 0. The van der Waals surface area contributed by atoms with Crippen molar-refractivity contribution in [3.63, 3.8) is 0 Å². The Hall–Kier alpha value is -1.60. The normalized spacial score (nSPS) is 36.1. The number of rotatable bonds is 2. The third-order valence-electron chi connectivity index (χ3n) is 3.53. The van der Waals surface area contributed by atoms with Gasteiger partial charge in [-0.3, -0.25) is 14.5 Å². The lowest BCUT2D eigenvalue weighted by molar-refractivity contribution is -0.139. The van der Waals surface area contributed by atoms with E-state index < -0.39 is 0 Å². The second kappa shape index (κ2) is 2.71. The highest BCUT2D eigenvalue weighted by Crippen LogP contribution is 2.49. The molecule has 0 N–H and O–H groups in total. The van der Waals surface area contributed by atoms with Gasteiger partial charge in [0.2, 0.25) is 11.8 Å². The molecule has 0 aromatic carbocycles. The first-order valence-corrected chi connectivity index (χ1v) is 5.15. The van der Waals surface area contributed by atoms with Crippen LogP contribution >= 0.6 is 0 Å². The van der Waals surface area contributed by atoms with Gasteiger partial charge in [0, 0.05) is 12.5 Å². The van der Waals surface area contributed by atoms with Crippen LogP contribution in [0.4, 0.5) is 0 Å². The molecule has 1 aliphatic heterocycles. The Bertz CT molecular complexity index is 443. The highest BCUT2D eigenvalue weighted by atomic mass is 16.2. The van der Waals surface area contributed by atoms with Crippen molar-refractivity contribution in [1.29, 1.82) is 0 Å². The molecule has 3 rings (SSSR count). The molecule has 1 saturated heterocycles. The Morgan fingerprint density at radius 1 is 1.53 bits per heavy atom. The maximum atomic E-state index is 12.0. The molecule has 1 saturated carbocycles. The fraction of sp³-hybridized carbons (Fsp3) is 0.417. The molecule has 2 fully saturated rings. The minimum absolute atomic E-state index is 0.0253. The molecular weight excluding hydrogens is 190 g/mol. The van der Waals surface area contributed by atoms with Crippen molar-refractivity contribution >= 4 is 11.8 Å². The van der Waals surface area contributed by atoms with E-state index in [1.165, 1.54) is 4.90 Å². The Morgan fingerprint density at radius 3 is 3.00 bits per heavy atom. The van der Waals surface area contributed by atoms with Crippen LogP contribution in [0.25, 0.3) is 0 Å². The van der Waals surface area contributed by atoms with E-state index in [4.69, 9.17) is 0 Å². The van der Waals surface area contributed by atoms with Crippen molar-refractivity contribution in [3.8, 4) is 0 Å². The van der Waals surface area contributed by atoms with E-state index in [2.05, 4.69) is 12.3 Å². The monoisotopic (exact) mass is 201 g/mol. The van der Waals surface area contributed by atoms with E-state index in [0.29, 0.717) is 6.54 Å². The lowest BCUT2D eigenvalue weighted by Gasteiger charge is -2.14. The first kappa shape index (κ1) is 8.69. The van der Waals surface area contributed by atoms with Crippen LogP contribution in [0, 0.1) is 17.8 Å². The maximum Gasteiger partial charge on any atom is 0.238 e. The van der Waals surface area contributed by atoms with E-state index in [1.54, 1.807) is 6.08 Å². The zero-order valence-electron chi connectivity index (χ0n) is 8.27. The summed E-state index contributed by atoms with van der Waals surface area (Å²) in [5.41, 5.74) is 4.13. The molecule has 2 bridgehead atoms. The highest BCUT2D eigenvalue weighted by molar-refractivity contribution is 6.07. The second-order valence-electron chi connectivity index (χ2n) is 4.28. The van der Waals surface area contributed by atoms with Crippen LogP contribution in [0.2, 0.25) is 0 Å². The Kier molecular flexibility index (Phi) is 1.57. The number of likely N-dealkylation sites (tertiary alicyclic amines) is 1.